The summed E-state index contributed by atoms with van der Waals surface area (Å²) in [5.41, 5.74) is -0.770. The van der Waals surface area contributed by atoms with Gasteiger partial charge >= 0.3 is 5.97 Å². The monoisotopic (exact) mass is 320 g/mol. The van der Waals surface area contributed by atoms with E-state index >= 15 is 0 Å². The number of ether oxygens (including phenoxy) is 4. The van der Waals surface area contributed by atoms with Crippen LogP contribution in [0.25, 0.3) is 0 Å². The summed E-state index contributed by atoms with van der Waals surface area (Å²) >= 11 is 0. The molecule has 5 heteroatoms. The zero-order valence-corrected chi connectivity index (χ0v) is 14.3. The van der Waals surface area contributed by atoms with Crippen molar-refractivity contribution in [2.75, 3.05) is 13.7 Å². The molecule has 5 atom stereocenters. The van der Waals surface area contributed by atoms with Crippen LogP contribution in [0.2, 0.25) is 0 Å². The van der Waals surface area contributed by atoms with Crippen LogP contribution >= 0.6 is 0 Å². The molecule has 2 aliphatic heterocycles. The third kappa shape index (κ3) is 2.22. The van der Waals surface area contributed by atoms with E-state index in [1.54, 1.807) is 19.2 Å². The van der Waals surface area contributed by atoms with Gasteiger partial charge in [-0.3, -0.25) is 0 Å². The lowest BCUT2D eigenvalue weighted by Crippen LogP contribution is -2.65. The van der Waals surface area contributed by atoms with Gasteiger partial charge in [-0.2, -0.15) is 0 Å². The van der Waals surface area contributed by atoms with Gasteiger partial charge in [0.1, 0.15) is 11.7 Å². The Kier molecular flexibility index (Phi) is 3.78. The first kappa shape index (κ1) is 16.4. The summed E-state index contributed by atoms with van der Waals surface area (Å²) in [6.45, 7) is 8.08. The molecule has 2 bridgehead atoms. The van der Waals surface area contributed by atoms with Gasteiger partial charge in [0.2, 0.25) is 0 Å². The molecule has 3 rings (SSSR count). The predicted octanol–water partition coefficient (Wildman–Crippen LogP) is 2.79. The van der Waals surface area contributed by atoms with E-state index in [-0.39, 0.29) is 12.1 Å². The van der Waals surface area contributed by atoms with Gasteiger partial charge in [-0.15, -0.1) is 0 Å². The molecule has 2 aliphatic rings. The van der Waals surface area contributed by atoms with Gasteiger partial charge in [0.05, 0.1) is 23.7 Å². The summed E-state index contributed by atoms with van der Waals surface area (Å²) < 4.78 is 23.7. The molecular weight excluding hydrogens is 296 g/mol. The molecule has 5 nitrogen and oxygen atoms in total. The Bertz CT molecular complexity index is 603. The molecule has 2 saturated heterocycles. The highest BCUT2D eigenvalue weighted by atomic mass is 16.7. The maximum Gasteiger partial charge on any atom is 0.338 e. The first-order valence-electron chi connectivity index (χ1n) is 7.90. The van der Waals surface area contributed by atoms with Crippen molar-refractivity contribution >= 4 is 5.97 Å². The summed E-state index contributed by atoms with van der Waals surface area (Å²) in [5.74, 6) is -1.24. The molecule has 0 spiro atoms. The van der Waals surface area contributed by atoms with Crippen molar-refractivity contribution < 1.29 is 23.7 Å². The van der Waals surface area contributed by atoms with Crippen LogP contribution in [0, 0.1) is 5.41 Å². The minimum atomic E-state index is -0.885. The van der Waals surface area contributed by atoms with E-state index in [0.717, 1.165) is 0 Å². The molecule has 0 radical (unpaired) electrons. The highest BCUT2D eigenvalue weighted by Gasteiger charge is 2.72. The lowest BCUT2D eigenvalue weighted by atomic mass is 9.68. The highest BCUT2D eigenvalue weighted by Crippen LogP contribution is 2.57. The van der Waals surface area contributed by atoms with E-state index in [4.69, 9.17) is 18.9 Å². The predicted molar refractivity (Wildman–Crippen MR) is 84.1 cm³/mol. The van der Waals surface area contributed by atoms with Crippen molar-refractivity contribution in [1.29, 1.82) is 0 Å². The van der Waals surface area contributed by atoms with Gasteiger partial charge in [-0.25, -0.2) is 4.79 Å². The largest absolute Gasteiger partial charge is 0.455 e. The molecular formula is C18H24O5. The maximum absolute atomic E-state index is 12.6. The Hall–Kier alpha value is -1.43. The highest BCUT2D eigenvalue weighted by molar-refractivity contribution is 5.89. The molecule has 0 saturated carbocycles. The molecule has 1 aromatic rings. The van der Waals surface area contributed by atoms with Crippen molar-refractivity contribution in [2.45, 2.75) is 51.3 Å². The number of fused-ring (bicyclic) bond motifs is 2. The fraction of sp³-hybridized carbons (Fsp3) is 0.611. The molecule has 0 aliphatic carbocycles. The second-order valence-corrected chi connectivity index (χ2v) is 6.95. The first-order valence-corrected chi connectivity index (χ1v) is 7.90. The number of hydrogen-bond acceptors (Lipinski definition) is 5. The van der Waals surface area contributed by atoms with E-state index < -0.39 is 22.9 Å². The lowest BCUT2D eigenvalue weighted by Gasteiger charge is -2.51. The number of esters is 1. The smallest absolute Gasteiger partial charge is 0.338 e. The van der Waals surface area contributed by atoms with Crippen LogP contribution in [0.15, 0.2) is 30.3 Å². The summed E-state index contributed by atoms with van der Waals surface area (Å²) in [4.78, 5) is 12.6. The number of rotatable bonds is 3. The van der Waals surface area contributed by atoms with Crippen LogP contribution in [-0.4, -0.2) is 43.3 Å². The number of methoxy groups -OCH3 is 1. The van der Waals surface area contributed by atoms with Gasteiger partial charge in [0.25, 0.3) is 0 Å². The fourth-order valence-electron chi connectivity index (χ4n) is 3.86. The molecule has 0 N–H and O–H groups in total. The minimum absolute atomic E-state index is 0.173. The van der Waals surface area contributed by atoms with E-state index in [0.29, 0.717) is 12.2 Å². The van der Waals surface area contributed by atoms with Crippen molar-refractivity contribution in [3.8, 4) is 0 Å². The van der Waals surface area contributed by atoms with Gasteiger partial charge in [0.15, 0.2) is 5.79 Å². The molecule has 1 aromatic carbocycles. The van der Waals surface area contributed by atoms with Crippen LogP contribution in [-0.2, 0) is 18.9 Å². The van der Waals surface area contributed by atoms with Crippen LogP contribution in [0.3, 0.4) is 0 Å². The average molecular weight is 320 g/mol. The van der Waals surface area contributed by atoms with Crippen molar-refractivity contribution in [3.63, 3.8) is 0 Å². The topological polar surface area (TPSA) is 54.0 Å². The van der Waals surface area contributed by atoms with E-state index in [2.05, 4.69) is 0 Å². The number of hydrogen-bond donors (Lipinski definition) is 0. The molecule has 0 aromatic heterocycles. The zero-order valence-electron chi connectivity index (χ0n) is 14.3. The Labute approximate surface area is 136 Å². The van der Waals surface area contributed by atoms with Crippen LogP contribution in [0.5, 0.6) is 0 Å². The van der Waals surface area contributed by atoms with Crippen LogP contribution in [0.1, 0.15) is 38.1 Å². The SMILES string of the molecule is COC1(C)OC[C@@]2(C)OC(C)C1(C)C2OC(=O)c1ccccc1. The quantitative estimate of drug-likeness (QED) is 0.802. The Morgan fingerprint density at radius 1 is 1.22 bits per heavy atom. The molecule has 2 heterocycles. The van der Waals surface area contributed by atoms with Gasteiger partial charge in [-0.05, 0) is 39.8 Å². The van der Waals surface area contributed by atoms with E-state index in [9.17, 15) is 4.79 Å². The van der Waals surface area contributed by atoms with E-state index in [1.165, 1.54) is 0 Å². The van der Waals surface area contributed by atoms with E-state index in [1.807, 2.05) is 45.9 Å². The number of carbonyl (C=O) groups is 1. The summed E-state index contributed by atoms with van der Waals surface area (Å²) in [6.07, 6.45) is -0.634. The van der Waals surface area contributed by atoms with Gasteiger partial charge in [-0.1, -0.05) is 18.2 Å². The summed E-state index contributed by atoms with van der Waals surface area (Å²) in [5, 5.41) is 0. The molecule has 0 amide bonds. The van der Waals surface area contributed by atoms with Crippen molar-refractivity contribution in [2.24, 2.45) is 5.41 Å². The van der Waals surface area contributed by atoms with Gasteiger partial charge in [0, 0.05) is 7.11 Å². The average Bonchev–Trinajstić information content (AvgIpc) is 2.70. The third-order valence-electron chi connectivity index (χ3n) is 5.63. The second-order valence-electron chi connectivity index (χ2n) is 6.95. The summed E-state index contributed by atoms with van der Waals surface area (Å²) in [7, 11) is 1.61. The minimum Gasteiger partial charge on any atom is -0.455 e. The Morgan fingerprint density at radius 2 is 1.87 bits per heavy atom. The Balaban J connectivity index is 1.95. The molecule has 2 fully saturated rings. The number of benzene rings is 1. The zero-order chi connectivity index (χ0) is 16.9. The van der Waals surface area contributed by atoms with Crippen LogP contribution in [0.4, 0.5) is 0 Å². The lowest BCUT2D eigenvalue weighted by molar-refractivity contribution is -0.321. The molecule has 23 heavy (non-hydrogen) atoms. The molecule has 4 unspecified atom stereocenters. The molecule has 126 valence electrons. The summed E-state index contributed by atoms with van der Waals surface area (Å²) in [6, 6.07) is 8.99. The maximum atomic E-state index is 12.6. The number of carbonyl (C=O) groups excluding carboxylic acids is 1. The van der Waals surface area contributed by atoms with Crippen LogP contribution < -0.4 is 0 Å². The normalized spacial score (nSPS) is 42.5. The standard InChI is InChI=1S/C18H24O5/c1-12-17(3)15(22-14(19)13-9-7-6-8-10-13)16(2,23-12)11-21-18(17,4)20-5/h6-10,12,15H,11H2,1-5H3/t12?,15?,16-,17?,18?/m1/s1. The third-order valence-corrected chi connectivity index (χ3v) is 5.63. The first-order chi connectivity index (χ1) is 10.8. The van der Waals surface area contributed by atoms with Gasteiger partial charge < -0.3 is 18.9 Å². The van der Waals surface area contributed by atoms with Crippen molar-refractivity contribution in [3.05, 3.63) is 35.9 Å². The Morgan fingerprint density at radius 3 is 2.48 bits per heavy atom. The van der Waals surface area contributed by atoms with Crippen molar-refractivity contribution in [1.82, 2.24) is 0 Å². The fourth-order valence-corrected chi connectivity index (χ4v) is 3.86. The second kappa shape index (κ2) is 5.30.